The van der Waals surface area contributed by atoms with Gasteiger partial charge < -0.3 is 14.2 Å². The first-order valence-electron chi connectivity index (χ1n) is 12.1. The van der Waals surface area contributed by atoms with E-state index < -0.39 is 24.1 Å². The van der Waals surface area contributed by atoms with Crippen molar-refractivity contribution in [2.45, 2.75) is 33.0 Å². The van der Waals surface area contributed by atoms with E-state index in [2.05, 4.69) is 30.1 Å². The lowest BCUT2D eigenvalue weighted by Crippen LogP contribution is -2.32. The number of rotatable bonds is 7. The van der Waals surface area contributed by atoms with E-state index in [1.165, 1.54) is 29.8 Å². The highest BCUT2D eigenvalue weighted by Gasteiger charge is 2.22. The molecule has 0 bridgehead atoms. The largest absolute Gasteiger partial charge is 0.495 e. The van der Waals surface area contributed by atoms with Crippen LogP contribution in [0.15, 0.2) is 48.9 Å². The Balaban J connectivity index is 1.36. The van der Waals surface area contributed by atoms with Crippen LogP contribution in [0, 0.1) is 19.3 Å². The van der Waals surface area contributed by atoms with Crippen LogP contribution in [0.2, 0.25) is 0 Å². The third kappa shape index (κ3) is 5.60. The average molecular weight is 559 g/mol. The fourth-order valence-electron chi connectivity index (χ4n) is 3.85. The number of nitrogens with zero attached hydrogens (tertiary/aromatic N) is 5. The first kappa shape index (κ1) is 26.7. The van der Waals surface area contributed by atoms with Crippen molar-refractivity contribution >= 4 is 49.9 Å². The first-order valence-corrected chi connectivity index (χ1v) is 12.9. The summed E-state index contributed by atoms with van der Waals surface area (Å²) in [6, 6.07) is 8.12. The Labute approximate surface area is 232 Å². The highest BCUT2D eigenvalue weighted by molar-refractivity contribution is 7.21. The molecule has 5 aromatic rings. The molecule has 10 nitrogen and oxygen atoms in total. The second kappa shape index (κ2) is 11.1. The van der Waals surface area contributed by atoms with Gasteiger partial charge >= 0.3 is 6.09 Å². The summed E-state index contributed by atoms with van der Waals surface area (Å²) in [6.45, 7) is 12.6. The first-order chi connectivity index (χ1) is 19.2. The number of thiazole rings is 1. The van der Waals surface area contributed by atoms with Crippen molar-refractivity contribution in [1.29, 1.82) is 0 Å². The van der Waals surface area contributed by atoms with Gasteiger partial charge in [-0.15, -0.1) is 11.3 Å². The van der Waals surface area contributed by atoms with Gasteiger partial charge in [-0.1, -0.05) is 0 Å². The van der Waals surface area contributed by atoms with Gasteiger partial charge in [0.2, 0.25) is 0 Å². The number of methoxy groups -OCH3 is 1. The second-order valence-electron chi connectivity index (χ2n) is 8.90. The molecule has 2 atom stereocenters. The van der Waals surface area contributed by atoms with E-state index in [9.17, 15) is 4.79 Å². The van der Waals surface area contributed by atoms with E-state index in [0.717, 1.165) is 5.39 Å². The maximum absolute atomic E-state index is 15.0. The quantitative estimate of drug-likeness (QED) is 0.219. The van der Waals surface area contributed by atoms with E-state index in [1.54, 1.807) is 58.3 Å². The van der Waals surface area contributed by atoms with Crippen LogP contribution >= 0.6 is 11.3 Å². The predicted octanol–water partition coefficient (Wildman–Crippen LogP) is 6.71. The number of pyridine rings is 1. The van der Waals surface area contributed by atoms with Crippen molar-refractivity contribution in [1.82, 2.24) is 19.9 Å². The standard InChI is InChI=1S/C28H23FN6O4S/c1-14(15(2)39-28(36)34-19-11-31-16(3)32-12-19)38-24-10-25-23(9-22(24)29)35-27(40-25)21-8-18(30-4)6-17-7-20(37-5)13-33-26(17)21/h6-15H,1-3,5H3,(H,34,36)/t14-,15+/m0/s1. The third-order valence-corrected chi connectivity index (χ3v) is 7.13. The van der Waals surface area contributed by atoms with Gasteiger partial charge in [-0.2, -0.15) is 0 Å². The number of carbonyl (C=O) groups is 1. The van der Waals surface area contributed by atoms with Gasteiger partial charge in [0.05, 0.1) is 53.7 Å². The van der Waals surface area contributed by atoms with Crippen LogP contribution in [-0.4, -0.2) is 45.3 Å². The summed E-state index contributed by atoms with van der Waals surface area (Å²) in [5.74, 6) is 0.541. The summed E-state index contributed by atoms with van der Waals surface area (Å²) in [4.78, 5) is 33.0. The number of aromatic nitrogens is 4. The third-order valence-electron chi connectivity index (χ3n) is 6.07. The summed E-state index contributed by atoms with van der Waals surface area (Å²) >= 11 is 1.33. The van der Waals surface area contributed by atoms with Gasteiger partial charge in [0.1, 0.15) is 28.8 Å². The van der Waals surface area contributed by atoms with E-state index >= 15 is 4.39 Å². The van der Waals surface area contributed by atoms with Crippen LogP contribution in [0.1, 0.15) is 19.7 Å². The van der Waals surface area contributed by atoms with Crippen LogP contribution < -0.4 is 14.8 Å². The van der Waals surface area contributed by atoms with Crippen LogP contribution in [-0.2, 0) is 4.74 Å². The van der Waals surface area contributed by atoms with Crippen LogP contribution in [0.5, 0.6) is 11.5 Å². The molecule has 0 saturated carbocycles. The number of ether oxygens (including phenoxy) is 3. The topological polar surface area (TPSA) is 113 Å². The Morgan fingerprint density at radius 2 is 1.85 bits per heavy atom. The number of hydrogen-bond donors (Lipinski definition) is 1. The Morgan fingerprint density at radius 1 is 1.07 bits per heavy atom. The molecule has 0 aliphatic heterocycles. The lowest BCUT2D eigenvalue weighted by molar-refractivity contribution is 0.0402. The minimum absolute atomic E-state index is 0.000575. The summed E-state index contributed by atoms with van der Waals surface area (Å²) in [7, 11) is 1.55. The van der Waals surface area contributed by atoms with Gasteiger partial charge in [0.15, 0.2) is 17.3 Å². The van der Waals surface area contributed by atoms with E-state index in [-0.39, 0.29) is 5.75 Å². The maximum Gasteiger partial charge on any atom is 0.412 e. The second-order valence-corrected chi connectivity index (χ2v) is 9.93. The molecule has 0 saturated heterocycles. The molecule has 12 heteroatoms. The SMILES string of the molecule is [C-]#[N+]c1cc(-c2nc3cc(F)c(O[C@@H](C)[C@@H](C)OC(=O)Nc4cnc(C)nc4)cc3s2)c2ncc(OC)cc2c1. The van der Waals surface area contributed by atoms with Crippen molar-refractivity contribution in [3.8, 4) is 22.1 Å². The van der Waals surface area contributed by atoms with Crippen molar-refractivity contribution in [2.75, 3.05) is 12.4 Å². The number of hydrogen-bond acceptors (Lipinski definition) is 9. The summed E-state index contributed by atoms with van der Waals surface area (Å²) in [5.41, 5.74) is 2.57. The van der Waals surface area contributed by atoms with Crippen molar-refractivity contribution in [2.24, 2.45) is 0 Å². The van der Waals surface area contributed by atoms with Crippen molar-refractivity contribution in [3.63, 3.8) is 0 Å². The predicted molar refractivity (Wildman–Crippen MR) is 150 cm³/mol. The fourth-order valence-corrected chi connectivity index (χ4v) is 4.85. The Kier molecular flexibility index (Phi) is 7.39. The van der Waals surface area contributed by atoms with E-state index in [1.807, 2.05) is 0 Å². The number of nitrogens with one attached hydrogen (secondary N) is 1. The number of carbonyl (C=O) groups excluding carboxylic acids is 1. The molecule has 3 heterocycles. The zero-order valence-electron chi connectivity index (χ0n) is 21.9. The molecule has 5 rings (SSSR count). The molecule has 3 aromatic heterocycles. The number of halogens is 1. The summed E-state index contributed by atoms with van der Waals surface area (Å²) in [5, 5.41) is 3.87. The molecule has 0 aliphatic carbocycles. The van der Waals surface area contributed by atoms with Crippen LogP contribution in [0.4, 0.5) is 20.6 Å². The Hall–Kier alpha value is -4.89. The number of aryl methyl sites for hydroxylation is 1. The van der Waals surface area contributed by atoms with Crippen LogP contribution in [0.25, 0.3) is 36.5 Å². The van der Waals surface area contributed by atoms with Gasteiger partial charge in [0, 0.05) is 17.7 Å². The van der Waals surface area contributed by atoms with Crippen molar-refractivity contribution < 1.29 is 23.4 Å². The number of fused-ring (bicyclic) bond motifs is 2. The molecule has 1 amide bonds. The van der Waals surface area contributed by atoms with Crippen molar-refractivity contribution in [3.05, 3.63) is 72.0 Å². The molecular formula is C28H23FN6O4S. The minimum Gasteiger partial charge on any atom is -0.495 e. The lowest BCUT2D eigenvalue weighted by atomic mass is 10.1. The zero-order chi connectivity index (χ0) is 28.4. The molecule has 0 aliphatic rings. The molecule has 0 radical (unpaired) electrons. The van der Waals surface area contributed by atoms with Gasteiger partial charge in [-0.3, -0.25) is 10.3 Å². The van der Waals surface area contributed by atoms with Gasteiger partial charge in [-0.05, 0) is 44.4 Å². The van der Waals surface area contributed by atoms with E-state index in [0.29, 0.717) is 49.3 Å². The normalized spacial score (nSPS) is 12.5. The minimum atomic E-state index is -0.710. The number of anilines is 1. The highest BCUT2D eigenvalue weighted by Crippen LogP contribution is 2.39. The highest BCUT2D eigenvalue weighted by atomic mass is 32.1. The molecule has 0 unspecified atom stereocenters. The lowest BCUT2D eigenvalue weighted by Gasteiger charge is -2.22. The zero-order valence-corrected chi connectivity index (χ0v) is 22.7. The number of amides is 1. The molecule has 40 heavy (non-hydrogen) atoms. The molecule has 0 spiro atoms. The molecular weight excluding hydrogens is 535 g/mol. The monoisotopic (exact) mass is 558 g/mol. The Morgan fingerprint density at radius 3 is 2.58 bits per heavy atom. The Bertz CT molecular complexity index is 1770. The van der Waals surface area contributed by atoms with Crippen LogP contribution in [0.3, 0.4) is 0 Å². The van der Waals surface area contributed by atoms with E-state index in [4.69, 9.17) is 20.8 Å². The molecule has 2 aromatic carbocycles. The molecule has 1 N–H and O–H groups in total. The maximum atomic E-state index is 15.0. The van der Waals surface area contributed by atoms with Gasteiger partial charge in [-0.25, -0.2) is 29.0 Å². The summed E-state index contributed by atoms with van der Waals surface area (Å²) in [6.07, 6.45) is 2.45. The molecule has 0 fully saturated rings. The van der Waals surface area contributed by atoms with Gasteiger partial charge in [0.25, 0.3) is 0 Å². The summed E-state index contributed by atoms with van der Waals surface area (Å²) < 4.78 is 32.2. The average Bonchev–Trinajstić information content (AvgIpc) is 3.35. The smallest absolute Gasteiger partial charge is 0.412 e. The molecule has 202 valence electrons. The fraction of sp³-hybridized carbons (Fsp3) is 0.214. The number of benzene rings is 2.